The Hall–Kier alpha value is -0.740. The van der Waals surface area contributed by atoms with Gasteiger partial charge in [-0.15, -0.1) is 0 Å². The highest BCUT2D eigenvalue weighted by Gasteiger charge is 2.12. The number of hydrogen-bond acceptors (Lipinski definition) is 3. The maximum absolute atomic E-state index is 13.3. The predicted octanol–water partition coefficient (Wildman–Crippen LogP) is 3.63. The van der Waals surface area contributed by atoms with Crippen LogP contribution in [-0.4, -0.2) is 25.2 Å². The third-order valence-electron chi connectivity index (χ3n) is 2.70. The SMILES string of the molecule is CCNC(C)c1cc(F)ccc1OCCCSC. The highest BCUT2D eigenvalue weighted by molar-refractivity contribution is 7.98. The van der Waals surface area contributed by atoms with Gasteiger partial charge in [0.2, 0.25) is 0 Å². The fourth-order valence-electron chi connectivity index (χ4n) is 1.79. The molecule has 0 saturated carbocycles. The Kier molecular flexibility index (Phi) is 7.13. The minimum Gasteiger partial charge on any atom is -0.493 e. The number of nitrogens with one attached hydrogen (secondary N) is 1. The Morgan fingerprint density at radius 3 is 2.89 bits per heavy atom. The van der Waals surface area contributed by atoms with Crippen molar-refractivity contribution in [1.29, 1.82) is 0 Å². The van der Waals surface area contributed by atoms with Crippen LogP contribution in [0.3, 0.4) is 0 Å². The lowest BCUT2D eigenvalue weighted by atomic mass is 10.1. The van der Waals surface area contributed by atoms with Crippen molar-refractivity contribution in [3.05, 3.63) is 29.6 Å². The van der Waals surface area contributed by atoms with Gasteiger partial charge < -0.3 is 10.1 Å². The molecule has 2 nitrogen and oxygen atoms in total. The second-order valence-corrected chi connectivity index (χ2v) is 5.14. The van der Waals surface area contributed by atoms with Crippen LogP contribution < -0.4 is 10.1 Å². The first-order valence-electron chi connectivity index (χ1n) is 6.33. The molecule has 4 heteroatoms. The Morgan fingerprint density at radius 1 is 1.44 bits per heavy atom. The summed E-state index contributed by atoms with van der Waals surface area (Å²) in [5, 5.41) is 3.28. The fraction of sp³-hybridized carbons (Fsp3) is 0.571. The normalized spacial score (nSPS) is 12.4. The van der Waals surface area contributed by atoms with Crippen LogP contribution in [0.2, 0.25) is 0 Å². The van der Waals surface area contributed by atoms with Crippen molar-refractivity contribution in [3.8, 4) is 5.75 Å². The van der Waals surface area contributed by atoms with Gasteiger partial charge in [-0.25, -0.2) is 4.39 Å². The van der Waals surface area contributed by atoms with Crippen LogP contribution in [0.1, 0.15) is 31.9 Å². The molecule has 0 amide bonds. The summed E-state index contributed by atoms with van der Waals surface area (Å²) < 4.78 is 19.0. The molecule has 0 aliphatic rings. The molecule has 18 heavy (non-hydrogen) atoms. The van der Waals surface area contributed by atoms with E-state index in [1.807, 2.05) is 13.8 Å². The van der Waals surface area contributed by atoms with Crippen LogP contribution in [0.15, 0.2) is 18.2 Å². The molecule has 0 fully saturated rings. The second-order valence-electron chi connectivity index (χ2n) is 4.16. The smallest absolute Gasteiger partial charge is 0.124 e. The highest BCUT2D eigenvalue weighted by atomic mass is 32.2. The van der Waals surface area contributed by atoms with E-state index in [1.165, 1.54) is 6.07 Å². The summed E-state index contributed by atoms with van der Waals surface area (Å²) in [6.07, 6.45) is 3.09. The van der Waals surface area contributed by atoms with E-state index in [9.17, 15) is 4.39 Å². The van der Waals surface area contributed by atoms with E-state index in [0.29, 0.717) is 6.61 Å². The Bertz CT molecular complexity index is 360. The number of thioether (sulfide) groups is 1. The molecule has 1 aromatic carbocycles. The lowest BCUT2D eigenvalue weighted by Crippen LogP contribution is -2.19. The standard InChI is InChI=1S/C14H22FNOS/c1-4-16-11(2)13-10-12(15)6-7-14(13)17-8-5-9-18-3/h6-7,10-11,16H,4-5,8-9H2,1-3H3. The molecule has 0 heterocycles. The van der Waals surface area contributed by atoms with Gasteiger partial charge in [0.1, 0.15) is 11.6 Å². The zero-order valence-electron chi connectivity index (χ0n) is 11.3. The summed E-state index contributed by atoms with van der Waals surface area (Å²) >= 11 is 1.81. The van der Waals surface area contributed by atoms with Crippen LogP contribution in [0.25, 0.3) is 0 Å². The minimum atomic E-state index is -0.216. The van der Waals surface area contributed by atoms with Crippen molar-refractivity contribution in [1.82, 2.24) is 5.32 Å². The van der Waals surface area contributed by atoms with Crippen molar-refractivity contribution in [2.45, 2.75) is 26.3 Å². The lowest BCUT2D eigenvalue weighted by Gasteiger charge is -2.17. The molecule has 1 unspecified atom stereocenters. The van der Waals surface area contributed by atoms with Gasteiger partial charge in [-0.2, -0.15) is 11.8 Å². The number of benzene rings is 1. The first-order chi connectivity index (χ1) is 8.69. The fourth-order valence-corrected chi connectivity index (χ4v) is 2.20. The van der Waals surface area contributed by atoms with Gasteiger partial charge in [0.25, 0.3) is 0 Å². The zero-order chi connectivity index (χ0) is 13.4. The molecule has 1 rings (SSSR count). The maximum Gasteiger partial charge on any atom is 0.124 e. The maximum atomic E-state index is 13.3. The highest BCUT2D eigenvalue weighted by Crippen LogP contribution is 2.26. The van der Waals surface area contributed by atoms with Crippen LogP contribution in [0.5, 0.6) is 5.75 Å². The number of hydrogen-bond donors (Lipinski definition) is 1. The average Bonchev–Trinajstić information content (AvgIpc) is 2.36. The van der Waals surface area contributed by atoms with Gasteiger partial charge in [0, 0.05) is 11.6 Å². The van der Waals surface area contributed by atoms with Crippen molar-refractivity contribution in [2.24, 2.45) is 0 Å². The van der Waals surface area contributed by atoms with Crippen LogP contribution in [0, 0.1) is 5.82 Å². The first kappa shape index (κ1) is 15.3. The number of rotatable bonds is 8. The largest absolute Gasteiger partial charge is 0.493 e. The average molecular weight is 271 g/mol. The molecule has 102 valence electrons. The van der Waals surface area contributed by atoms with E-state index < -0.39 is 0 Å². The number of halogens is 1. The summed E-state index contributed by atoms with van der Waals surface area (Å²) in [4.78, 5) is 0. The molecular weight excluding hydrogens is 249 g/mol. The topological polar surface area (TPSA) is 21.3 Å². The van der Waals surface area contributed by atoms with Gasteiger partial charge in [0.15, 0.2) is 0 Å². The Morgan fingerprint density at radius 2 is 2.22 bits per heavy atom. The zero-order valence-corrected chi connectivity index (χ0v) is 12.1. The quantitative estimate of drug-likeness (QED) is 0.730. The van der Waals surface area contributed by atoms with Crippen molar-refractivity contribution in [2.75, 3.05) is 25.2 Å². The first-order valence-corrected chi connectivity index (χ1v) is 7.73. The van der Waals surface area contributed by atoms with Gasteiger partial charge in [0.05, 0.1) is 6.61 Å². The second kappa shape index (κ2) is 8.38. The predicted molar refractivity (Wildman–Crippen MR) is 77.0 cm³/mol. The van der Waals surface area contributed by atoms with Gasteiger partial charge in [-0.3, -0.25) is 0 Å². The van der Waals surface area contributed by atoms with Crippen molar-refractivity contribution in [3.63, 3.8) is 0 Å². The van der Waals surface area contributed by atoms with Gasteiger partial charge in [-0.05, 0) is 50.1 Å². The third-order valence-corrected chi connectivity index (χ3v) is 3.40. The Labute approximate surface area is 113 Å². The molecule has 1 aromatic rings. The summed E-state index contributed by atoms with van der Waals surface area (Å²) in [5.41, 5.74) is 0.890. The molecule has 0 bridgehead atoms. The minimum absolute atomic E-state index is 0.0984. The van der Waals surface area contributed by atoms with E-state index in [2.05, 4.69) is 11.6 Å². The van der Waals surface area contributed by atoms with Gasteiger partial charge in [-0.1, -0.05) is 6.92 Å². The third kappa shape index (κ3) is 4.86. The molecule has 1 atom stereocenters. The monoisotopic (exact) mass is 271 g/mol. The molecule has 0 aliphatic carbocycles. The lowest BCUT2D eigenvalue weighted by molar-refractivity contribution is 0.311. The molecule has 0 spiro atoms. The van der Waals surface area contributed by atoms with Crippen LogP contribution in [-0.2, 0) is 0 Å². The summed E-state index contributed by atoms with van der Waals surface area (Å²) in [5.74, 6) is 1.65. The van der Waals surface area contributed by atoms with Crippen molar-refractivity contribution < 1.29 is 9.13 Å². The van der Waals surface area contributed by atoms with Crippen molar-refractivity contribution >= 4 is 11.8 Å². The Balaban J connectivity index is 2.70. The number of ether oxygens (including phenoxy) is 1. The van der Waals surface area contributed by atoms with E-state index in [0.717, 1.165) is 30.0 Å². The summed E-state index contributed by atoms with van der Waals surface area (Å²) in [7, 11) is 0. The van der Waals surface area contributed by atoms with Crippen LogP contribution >= 0.6 is 11.8 Å². The summed E-state index contributed by atoms with van der Waals surface area (Å²) in [6, 6.07) is 4.82. The molecular formula is C14H22FNOS. The molecule has 0 aromatic heterocycles. The molecule has 0 radical (unpaired) electrons. The molecule has 1 N–H and O–H groups in total. The summed E-state index contributed by atoms with van der Waals surface area (Å²) in [6.45, 7) is 5.59. The van der Waals surface area contributed by atoms with E-state index in [4.69, 9.17) is 4.74 Å². The van der Waals surface area contributed by atoms with Gasteiger partial charge >= 0.3 is 0 Å². The molecule has 0 aliphatic heterocycles. The van der Waals surface area contributed by atoms with E-state index >= 15 is 0 Å². The van der Waals surface area contributed by atoms with Crippen LogP contribution in [0.4, 0.5) is 4.39 Å². The molecule has 0 saturated heterocycles. The van der Waals surface area contributed by atoms with E-state index in [-0.39, 0.29) is 11.9 Å². The van der Waals surface area contributed by atoms with E-state index in [1.54, 1.807) is 23.9 Å².